The number of thiophene rings is 1. The highest BCUT2D eigenvalue weighted by Crippen LogP contribution is 2.34. The van der Waals surface area contributed by atoms with Crippen LogP contribution in [0.15, 0.2) is 46.3 Å². The lowest BCUT2D eigenvalue weighted by molar-refractivity contribution is 0.380. The Morgan fingerprint density at radius 1 is 1.19 bits per heavy atom. The van der Waals surface area contributed by atoms with Gasteiger partial charge in [0.05, 0.1) is 0 Å². The predicted molar refractivity (Wildman–Crippen MR) is 97.3 cm³/mol. The van der Waals surface area contributed by atoms with Gasteiger partial charge in [0.1, 0.15) is 0 Å². The lowest BCUT2D eigenvalue weighted by Gasteiger charge is -2.34. The molecule has 114 valence electrons. The van der Waals surface area contributed by atoms with E-state index in [9.17, 15) is 0 Å². The normalized spacial score (nSPS) is 14.0. The molecule has 0 aliphatic rings. The molecule has 1 nitrogen and oxygen atoms in total. The van der Waals surface area contributed by atoms with Crippen LogP contribution >= 0.6 is 27.3 Å². The van der Waals surface area contributed by atoms with Gasteiger partial charge in [-0.1, -0.05) is 44.2 Å². The van der Waals surface area contributed by atoms with Gasteiger partial charge in [-0.05, 0) is 53.4 Å². The van der Waals surface area contributed by atoms with Crippen LogP contribution in [0.5, 0.6) is 0 Å². The Hall–Kier alpha value is -0.640. The summed E-state index contributed by atoms with van der Waals surface area (Å²) in [5, 5.41) is 5.83. The molecule has 1 heterocycles. The van der Waals surface area contributed by atoms with Gasteiger partial charge in [0, 0.05) is 26.7 Å². The summed E-state index contributed by atoms with van der Waals surface area (Å²) >= 11 is 5.43. The molecule has 1 aromatic heterocycles. The molecule has 1 aromatic carbocycles. The number of halogens is 1. The van der Waals surface area contributed by atoms with Gasteiger partial charge in [0.25, 0.3) is 0 Å². The highest BCUT2D eigenvalue weighted by molar-refractivity contribution is 9.10. The summed E-state index contributed by atoms with van der Waals surface area (Å²) in [6.45, 7) is 6.66. The molecule has 0 aliphatic carbocycles. The van der Waals surface area contributed by atoms with E-state index < -0.39 is 0 Å². The van der Waals surface area contributed by atoms with Crippen molar-refractivity contribution in [2.45, 2.75) is 38.5 Å². The molecule has 1 N–H and O–H groups in total. The van der Waals surface area contributed by atoms with Gasteiger partial charge in [0.15, 0.2) is 0 Å². The van der Waals surface area contributed by atoms with E-state index in [1.165, 1.54) is 21.3 Å². The molecule has 1 atom stereocenters. The first-order valence-electron chi connectivity index (χ1n) is 7.69. The predicted octanol–water partition coefficient (Wildman–Crippen LogP) is 5.40. The maximum absolute atomic E-state index is 3.65. The highest BCUT2D eigenvalue weighted by Gasteiger charge is 2.30. The van der Waals surface area contributed by atoms with Gasteiger partial charge in [0.2, 0.25) is 0 Å². The lowest BCUT2D eigenvalue weighted by Crippen LogP contribution is -2.39. The summed E-state index contributed by atoms with van der Waals surface area (Å²) in [6, 6.07) is 13.2. The zero-order valence-corrected chi connectivity index (χ0v) is 15.3. The van der Waals surface area contributed by atoms with Crippen molar-refractivity contribution in [3.05, 3.63) is 56.7 Å². The summed E-state index contributed by atoms with van der Waals surface area (Å²) in [5.41, 5.74) is 1.63. The van der Waals surface area contributed by atoms with E-state index >= 15 is 0 Å². The first-order valence-corrected chi connectivity index (χ1v) is 9.36. The molecule has 0 radical (unpaired) electrons. The topological polar surface area (TPSA) is 12.0 Å². The number of benzene rings is 1. The Kier molecular flexibility index (Phi) is 6.46. The molecule has 0 spiro atoms. The molecule has 3 heteroatoms. The van der Waals surface area contributed by atoms with Crippen LogP contribution in [-0.4, -0.2) is 13.1 Å². The second kappa shape index (κ2) is 8.11. The molecule has 2 rings (SSSR count). The second-order valence-electron chi connectivity index (χ2n) is 5.58. The van der Waals surface area contributed by atoms with Gasteiger partial charge < -0.3 is 5.32 Å². The third-order valence-electron chi connectivity index (χ3n) is 4.09. The number of rotatable bonds is 8. The van der Waals surface area contributed by atoms with Crippen LogP contribution in [0.4, 0.5) is 0 Å². The summed E-state index contributed by atoms with van der Waals surface area (Å²) < 4.78 is 1.20. The van der Waals surface area contributed by atoms with Crippen LogP contribution in [-0.2, 0) is 11.8 Å². The first kappa shape index (κ1) is 16.7. The third-order valence-corrected chi connectivity index (χ3v) is 5.79. The van der Waals surface area contributed by atoms with Gasteiger partial charge in [-0.2, -0.15) is 0 Å². The van der Waals surface area contributed by atoms with Gasteiger partial charge in [-0.25, -0.2) is 0 Å². The monoisotopic (exact) mass is 365 g/mol. The molecular weight excluding hydrogens is 342 g/mol. The van der Waals surface area contributed by atoms with Crippen molar-refractivity contribution in [2.24, 2.45) is 0 Å². The van der Waals surface area contributed by atoms with Gasteiger partial charge in [-0.3, -0.25) is 0 Å². The van der Waals surface area contributed by atoms with Crippen molar-refractivity contribution < 1.29 is 0 Å². The molecule has 1 unspecified atom stereocenters. The van der Waals surface area contributed by atoms with E-state index in [0.29, 0.717) is 0 Å². The number of hydrogen-bond donors (Lipinski definition) is 1. The average molecular weight is 366 g/mol. The van der Waals surface area contributed by atoms with E-state index in [-0.39, 0.29) is 5.41 Å². The zero-order chi connectivity index (χ0) is 15.1. The minimum atomic E-state index is 0.181. The zero-order valence-electron chi connectivity index (χ0n) is 12.9. The van der Waals surface area contributed by atoms with Crippen LogP contribution in [0, 0.1) is 0 Å². The Morgan fingerprint density at radius 3 is 2.52 bits per heavy atom. The highest BCUT2D eigenvalue weighted by atomic mass is 79.9. The van der Waals surface area contributed by atoms with Gasteiger partial charge >= 0.3 is 0 Å². The van der Waals surface area contributed by atoms with Crippen molar-refractivity contribution >= 4 is 27.3 Å². The Labute approximate surface area is 140 Å². The third kappa shape index (κ3) is 4.41. The summed E-state index contributed by atoms with van der Waals surface area (Å²) in [4.78, 5) is 1.45. The fraction of sp³-hybridized carbons (Fsp3) is 0.444. The molecule has 0 amide bonds. The van der Waals surface area contributed by atoms with Crippen LogP contribution in [0.3, 0.4) is 0 Å². The fourth-order valence-electron chi connectivity index (χ4n) is 2.80. The SMILES string of the molecule is CCCNCC(CC)(Cc1cc(Br)cs1)c1ccccc1. The smallest absolute Gasteiger partial charge is 0.0285 e. The molecule has 0 saturated carbocycles. The first-order chi connectivity index (χ1) is 10.2. The van der Waals surface area contributed by atoms with Crippen LogP contribution in [0.1, 0.15) is 37.1 Å². The van der Waals surface area contributed by atoms with Crippen molar-refractivity contribution in [3.8, 4) is 0 Å². The lowest BCUT2D eigenvalue weighted by atomic mass is 9.75. The molecule has 0 fully saturated rings. The molecule has 0 aliphatic heterocycles. The molecule has 0 bridgehead atoms. The summed E-state index contributed by atoms with van der Waals surface area (Å²) in [6.07, 6.45) is 3.42. The quantitative estimate of drug-likeness (QED) is 0.617. The largest absolute Gasteiger partial charge is 0.316 e. The van der Waals surface area contributed by atoms with E-state index in [1.54, 1.807) is 0 Å². The van der Waals surface area contributed by atoms with Crippen molar-refractivity contribution in [3.63, 3.8) is 0 Å². The van der Waals surface area contributed by atoms with Crippen molar-refractivity contribution in [1.29, 1.82) is 0 Å². The minimum absolute atomic E-state index is 0.181. The van der Waals surface area contributed by atoms with E-state index in [0.717, 1.165) is 25.9 Å². The van der Waals surface area contributed by atoms with Crippen LogP contribution in [0.2, 0.25) is 0 Å². The van der Waals surface area contributed by atoms with Crippen molar-refractivity contribution in [1.82, 2.24) is 5.32 Å². The van der Waals surface area contributed by atoms with Crippen molar-refractivity contribution in [2.75, 3.05) is 13.1 Å². The number of hydrogen-bond acceptors (Lipinski definition) is 2. The molecule has 0 saturated heterocycles. The molecular formula is C18H24BrNS. The Bertz CT molecular complexity index is 537. The Balaban J connectivity index is 2.27. The summed E-state index contributed by atoms with van der Waals surface area (Å²) in [5.74, 6) is 0. The summed E-state index contributed by atoms with van der Waals surface area (Å²) in [7, 11) is 0. The maximum Gasteiger partial charge on any atom is 0.0285 e. The van der Waals surface area contributed by atoms with E-state index in [2.05, 4.69) is 76.9 Å². The molecule has 2 aromatic rings. The minimum Gasteiger partial charge on any atom is -0.316 e. The number of nitrogens with one attached hydrogen (secondary N) is 1. The van der Waals surface area contributed by atoms with Crippen LogP contribution in [0.25, 0.3) is 0 Å². The molecule has 21 heavy (non-hydrogen) atoms. The maximum atomic E-state index is 3.65. The average Bonchev–Trinajstić information content (AvgIpc) is 2.92. The van der Waals surface area contributed by atoms with E-state index in [4.69, 9.17) is 0 Å². The standard InChI is InChI=1S/C18H24BrNS/c1-3-10-20-14-18(4-2,15-8-6-5-7-9-15)12-17-11-16(19)13-21-17/h5-9,11,13,20H,3-4,10,12,14H2,1-2H3. The Morgan fingerprint density at radius 2 is 1.95 bits per heavy atom. The second-order valence-corrected chi connectivity index (χ2v) is 7.50. The van der Waals surface area contributed by atoms with Gasteiger partial charge in [-0.15, -0.1) is 11.3 Å². The van der Waals surface area contributed by atoms with Crippen LogP contribution < -0.4 is 5.32 Å². The van der Waals surface area contributed by atoms with E-state index in [1.807, 2.05) is 11.3 Å². The fourth-order valence-corrected chi connectivity index (χ4v) is 4.39.